The second kappa shape index (κ2) is 5.00. The molecule has 2 N–H and O–H groups in total. The van der Waals surface area contributed by atoms with Gasteiger partial charge in [0.05, 0.1) is 5.69 Å². The zero-order valence-corrected chi connectivity index (χ0v) is 11.2. The smallest absolute Gasteiger partial charge is 0.0596 e. The molecule has 1 rings (SSSR count). The first kappa shape index (κ1) is 13.2. The molecule has 0 spiro atoms. The van der Waals surface area contributed by atoms with E-state index in [9.17, 15) is 0 Å². The summed E-state index contributed by atoms with van der Waals surface area (Å²) in [5.74, 6) is 0.521. The Morgan fingerprint density at radius 2 is 2.12 bits per heavy atom. The van der Waals surface area contributed by atoms with Crippen LogP contribution in [0.2, 0.25) is 0 Å². The molecule has 1 aromatic heterocycles. The molecule has 0 amide bonds. The monoisotopic (exact) mass is 223 g/mol. The first-order chi connectivity index (χ1) is 7.40. The number of rotatable bonds is 5. The standard InChI is InChI=1S/C13H25N3/c1-6-10(3)13(5,14)9-12-8-11(4)15-16(12)7-2/h8,10H,6-7,9,14H2,1-5H3. The highest BCUT2D eigenvalue weighted by Crippen LogP contribution is 2.22. The Hall–Kier alpha value is -0.830. The molecule has 0 radical (unpaired) electrons. The third-order valence-corrected chi connectivity index (χ3v) is 3.59. The Bertz CT molecular complexity index is 339. The highest BCUT2D eigenvalue weighted by molar-refractivity contribution is 5.12. The van der Waals surface area contributed by atoms with Crippen molar-refractivity contribution in [2.45, 2.75) is 59.5 Å². The van der Waals surface area contributed by atoms with Crippen molar-refractivity contribution in [3.8, 4) is 0 Å². The summed E-state index contributed by atoms with van der Waals surface area (Å²) in [6.07, 6.45) is 2.02. The molecule has 0 aliphatic heterocycles. The summed E-state index contributed by atoms with van der Waals surface area (Å²) in [6.45, 7) is 11.6. The first-order valence-corrected chi connectivity index (χ1v) is 6.23. The maximum Gasteiger partial charge on any atom is 0.0596 e. The van der Waals surface area contributed by atoms with Crippen LogP contribution in [0, 0.1) is 12.8 Å². The van der Waals surface area contributed by atoms with Crippen LogP contribution in [0.3, 0.4) is 0 Å². The topological polar surface area (TPSA) is 43.8 Å². The van der Waals surface area contributed by atoms with Gasteiger partial charge in [0.2, 0.25) is 0 Å². The number of nitrogens with zero attached hydrogens (tertiary/aromatic N) is 2. The molecule has 0 bridgehead atoms. The average Bonchev–Trinajstić information content (AvgIpc) is 2.56. The van der Waals surface area contributed by atoms with E-state index in [2.05, 4.69) is 43.5 Å². The van der Waals surface area contributed by atoms with Crippen LogP contribution in [-0.4, -0.2) is 15.3 Å². The predicted molar refractivity (Wildman–Crippen MR) is 68.4 cm³/mol. The van der Waals surface area contributed by atoms with Gasteiger partial charge >= 0.3 is 0 Å². The van der Waals surface area contributed by atoms with Gasteiger partial charge in [-0.2, -0.15) is 5.10 Å². The Morgan fingerprint density at radius 1 is 1.50 bits per heavy atom. The lowest BCUT2D eigenvalue weighted by Gasteiger charge is -2.31. The minimum Gasteiger partial charge on any atom is -0.325 e. The van der Waals surface area contributed by atoms with Crippen molar-refractivity contribution >= 4 is 0 Å². The summed E-state index contributed by atoms with van der Waals surface area (Å²) in [4.78, 5) is 0. The Kier molecular flexibility index (Phi) is 4.14. The van der Waals surface area contributed by atoms with Gasteiger partial charge in [0.15, 0.2) is 0 Å². The lowest BCUT2D eigenvalue weighted by Crippen LogP contribution is -2.45. The second-order valence-electron chi connectivity index (χ2n) is 5.08. The maximum atomic E-state index is 6.39. The quantitative estimate of drug-likeness (QED) is 0.833. The molecule has 2 atom stereocenters. The second-order valence-corrected chi connectivity index (χ2v) is 5.08. The van der Waals surface area contributed by atoms with E-state index in [0.29, 0.717) is 5.92 Å². The fourth-order valence-corrected chi connectivity index (χ4v) is 2.05. The van der Waals surface area contributed by atoms with Gasteiger partial charge in [-0.15, -0.1) is 0 Å². The number of nitrogens with two attached hydrogens (primary N) is 1. The molecule has 1 aromatic rings. The maximum absolute atomic E-state index is 6.39. The Morgan fingerprint density at radius 3 is 2.62 bits per heavy atom. The minimum atomic E-state index is -0.145. The van der Waals surface area contributed by atoms with Crippen molar-refractivity contribution in [2.24, 2.45) is 11.7 Å². The largest absolute Gasteiger partial charge is 0.325 e. The molecule has 0 aliphatic rings. The molecule has 0 aliphatic carbocycles. The van der Waals surface area contributed by atoms with Crippen molar-refractivity contribution in [1.82, 2.24) is 9.78 Å². The van der Waals surface area contributed by atoms with Crippen LogP contribution in [0.15, 0.2) is 6.07 Å². The molecule has 1 heterocycles. The van der Waals surface area contributed by atoms with Gasteiger partial charge in [-0.05, 0) is 32.8 Å². The molecule has 16 heavy (non-hydrogen) atoms. The van der Waals surface area contributed by atoms with E-state index >= 15 is 0 Å². The minimum absolute atomic E-state index is 0.145. The van der Waals surface area contributed by atoms with Gasteiger partial charge in [-0.25, -0.2) is 0 Å². The summed E-state index contributed by atoms with van der Waals surface area (Å²) in [5.41, 5.74) is 8.59. The lowest BCUT2D eigenvalue weighted by molar-refractivity contribution is 0.300. The SMILES string of the molecule is CCC(C)C(C)(N)Cc1cc(C)nn1CC. The van der Waals surface area contributed by atoms with Crippen molar-refractivity contribution in [3.05, 3.63) is 17.5 Å². The van der Waals surface area contributed by atoms with E-state index in [1.807, 2.05) is 6.92 Å². The summed E-state index contributed by atoms with van der Waals surface area (Å²) in [5, 5.41) is 4.46. The van der Waals surface area contributed by atoms with Gasteiger partial charge in [-0.3, -0.25) is 4.68 Å². The highest BCUT2D eigenvalue weighted by Gasteiger charge is 2.26. The van der Waals surface area contributed by atoms with Crippen LogP contribution >= 0.6 is 0 Å². The first-order valence-electron chi connectivity index (χ1n) is 6.23. The van der Waals surface area contributed by atoms with Gasteiger partial charge < -0.3 is 5.73 Å². The molecular formula is C13H25N3. The van der Waals surface area contributed by atoms with Crippen LogP contribution in [0.1, 0.15) is 45.5 Å². The third kappa shape index (κ3) is 2.85. The average molecular weight is 223 g/mol. The van der Waals surface area contributed by atoms with Crippen molar-refractivity contribution in [1.29, 1.82) is 0 Å². The molecule has 0 aromatic carbocycles. The van der Waals surface area contributed by atoms with E-state index in [-0.39, 0.29) is 5.54 Å². The molecule has 3 nitrogen and oxygen atoms in total. The highest BCUT2D eigenvalue weighted by atomic mass is 15.3. The molecule has 3 heteroatoms. The summed E-state index contributed by atoms with van der Waals surface area (Å²) in [7, 11) is 0. The van der Waals surface area contributed by atoms with Crippen molar-refractivity contribution < 1.29 is 0 Å². The van der Waals surface area contributed by atoms with Crippen molar-refractivity contribution in [2.75, 3.05) is 0 Å². The van der Waals surface area contributed by atoms with Gasteiger partial charge in [-0.1, -0.05) is 20.3 Å². The molecule has 2 unspecified atom stereocenters. The number of aromatic nitrogens is 2. The van der Waals surface area contributed by atoms with E-state index in [0.717, 1.165) is 25.1 Å². The van der Waals surface area contributed by atoms with Crippen LogP contribution in [0.5, 0.6) is 0 Å². The van der Waals surface area contributed by atoms with Crippen molar-refractivity contribution in [3.63, 3.8) is 0 Å². The Balaban J connectivity index is 2.86. The van der Waals surface area contributed by atoms with Crippen LogP contribution in [0.4, 0.5) is 0 Å². The van der Waals surface area contributed by atoms with Crippen LogP contribution in [0.25, 0.3) is 0 Å². The van der Waals surface area contributed by atoms with E-state index < -0.39 is 0 Å². The fraction of sp³-hybridized carbons (Fsp3) is 0.769. The zero-order valence-electron chi connectivity index (χ0n) is 11.2. The lowest BCUT2D eigenvalue weighted by atomic mass is 9.82. The van der Waals surface area contributed by atoms with E-state index in [1.54, 1.807) is 0 Å². The molecular weight excluding hydrogens is 198 g/mol. The third-order valence-electron chi connectivity index (χ3n) is 3.59. The zero-order chi connectivity index (χ0) is 12.3. The number of hydrogen-bond donors (Lipinski definition) is 1. The van der Waals surface area contributed by atoms with Crippen LogP contribution < -0.4 is 5.73 Å². The van der Waals surface area contributed by atoms with Crippen LogP contribution in [-0.2, 0) is 13.0 Å². The normalized spacial score (nSPS) is 17.1. The molecule has 0 saturated carbocycles. The number of aryl methyl sites for hydroxylation is 2. The summed E-state index contributed by atoms with van der Waals surface area (Å²) in [6, 6.07) is 2.15. The van der Waals surface area contributed by atoms with Gasteiger partial charge in [0, 0.05) is 24.2 Å². The fourth-order valence-electron chi connectivity index (χ4n) is 2.05. The number of hydrogen-bond acceptors (Lipinski definition) is 2. The predicted octanol–water partition coefficient (Wildman–Crippen LogP) is 2.52. The van der Waals surface area contributed by atoms with Gasteiger partial charge in [0.25, 0.3) is 0 Å². The van der Waals surface area contributed by atoms with E-state index in [1.165, 1.54) is 5.69 Å². The van der Waals surface area contributed by atoms with E-state index in [4.69, 9.17) is 5.73 Å². The molecule has 0 saturated heterocycles. The molecule has 92 valence electrons. The molecule has 0 fully saturated rings. The Labute approximate surface area is 99.0 Å². The summed E-state index contributed by atoms with van der Waals surface area (Å²) >= 11 is 0. The summed E-state index contributed by atoms with van der Waals surface area (Å²) < 4.78 is 2.06. The van der Waals surface area contributed by atoms with Gasteiger partial charge in [0.1, 0.15) is 0 Å².